The molecule has 0 aromatic rings. The quantitative estimate of drug-likeness (QED) is 0.862. The fraction of sp³-hybridized carbons (Fsp3) is 0.944. The van der Waals surface area contributed by atoms with Gasteiger partial charge in [0.15, 0.2) is 0 Å². The Kier molecular flexibility index (Phi) is 6.32. The van der Waals surface area contributed by atoms with E-state index < -0.39 is 5.60 Å². The topological polar surface area (TPSA) is 50.8 Å². The molecule has 1 amide bonds. The van der Waals surface area contributed by atoms with E-state index in [0.29, 0.717) is 31.8 Å². The van der Waals surface area contributed by atoms with Gasteiger partial charge in [-0.05, 0) is 52.9 Å². The molecular weight excluding hydrogens is 292 g/mol. The van der Waals surface area contributed by atoms with Crippen LogP contribution < -0.4 is 5.32 Å². The molecule has 5 heteroatoms. The zero-order valence-electron chi connectivity index (χ0n) is 15.4. The molecule has 2 aliphatic rings. The predicted octanol–water partition coefficient (Wildman–Crippen LogP) is 3.18. The van der Waals surface area contributed by atoms with Gasteiger partial charge in [-0.15, -0.1) is 0 Å². The van der Waals surface area contributed by atoms with Gasteiger partial charge in [0.2, 0.25) is 0 Å². The zero-order valence-corrected chi connectivity index (χ0v) is 15.4. The number of morpholine rings is 1. The summed E-state index contributed by atoms with van der Waals surface area (Å²) in [5.74, 6) is 0.752. The van der Waals surface area contributed by atoms with Crippen LogP contribution in [0.1, 0.15) is 60.3 Å². The molecule has 134 valence electrons. The minimum absolute atomic E-state index is 0.0952. The molecule has 1 saturated carbocycles. The monoisotopic (exact) mass is 326 g/mol. The fourth-order valence-corrected chi connectivity index (χ4v) is 3.65. The first kappa shape index (κ1) is 18.5. The fourth-order valence-electron chi connectivity index (χ4n) is 3.65. The van der Waals surface area contributed by atoms with Crippen LogP contribution in [0.3, 0.4) is 0 Å². The summed E-state index contributed by atoms with van der Waals surface area (Å²) in [5, 5.41) is 3.75. The van der Waals surface area contributed by atoms with Gasteiger partial charge in [-0.25, -0.2) is 4.79 Å². The van der Waals surface area contributed by atoms with Crippen molar-refractivity contribution < 1.29 is 14.3 Å². The zero-order chi connectivity index (χ0) is 17.0. The third-order valence-corrected chi connectivity index (χ3v) is 4.84. The Labute approximate surface area is 141 Å². The van der Waals surface area contributed by atoms with Crippen molar-refractivity contribution in [3.63, 3.8) is 0 Å². The molecule has 2 rings (SSSR count). The predicted molar refractivity (Wildman–Crippen MR) is 91.6 cm³/mol. The van der Waals surface area contributed by atoms with Gasteiger partial charge in [0.1, 0.15) is 5.60 Å². The second-order valence-corrected chi connectivity index (χ2v) is 8.22. The number of hydrogen-bond acceptors (Lipinski definition) is 4. The summed E-state index contributed by atoms with van der Waals surface area (Å²) in [7, 11) is 0. The van der Waals surface area contributed by atoms with Gasteiger partial charge in [-0.2, -0.15) is 0 Å². The van der Waals surface area contributed by atoms with E-state index in [1.165, 1.54) is 19.3 Å². The highest BCUT2D eigenvalue weighted by molar-refractivity contribution is 5.68. The van der Waals surface area contributed by atoms with Gasteiger partial charge in [-0.3, -0.25) is 0 Å². The van der Waals surface area contributed by atoms with Gasteiger partial charge in [0, 0.05) is 18.6 Å². The first-order valence-electron chi connectivity index (χ1n) is 9.09. The van der Waals surface area contributed by atoms with E-state index in [-0.39, 0.29) is 12.1 Å². The lowest BCUT2D eigenvalue weighted by Gasteiger charge is -2.38. The molecule has 1 aliphatic carbocycles. The van der Waals surface area contributed by atoms with Crippen molar-refractivity contribution in [1.82, 2.24) is 10.2 Å². The highest BCUT2D eigenvalue weighted by Crippen LogP contribution is 2.26. The molecular formula is C18H34N2O3. The third-order valence-electron chi connectivity index (χ3n) is 4.84. The Morgan fingerprint density at radius 1 is 1.39 bits per heavy atom. The molecule has 23 heavy (non-hydrogen) atoms. The van der Waals surface area contributed by atoms with Crippen LogP contribution in [-0.4, -0.2) is 54.5 Å². The van der Waals surface area contributed by atoms with Gasteiger partial charge in [0.25, 0.3) is 0 Å². The normalized spacial score (nSPS) is 30.3. The van der Waals surface area contributed by atoms with E-state index in [1.807, 2.05) is 25.7 Å². The molecule has 1 heterocycles. The highest BCUT2D eigenvalue weighted by Gasteiger charge is 2.33. The van der Waals surface area contributed by atoms with Crippen LogP contribution in [0.25, 0.3) is 0 Å². The van der Waals surface area contributed by atoms with Gasteiger partial charge >= 0.3 is 6.09 Å². The summed E-state index contributed by atoms with van der Waals surface area (Å²) in [6, 6.07) is 1.08. The average molecular weight is 326 g/mol. The molecule has 0 aromatic heterocycles. The lowest BCUT2D eigenvalue weighted by molar-refractivity contribution is -0.0358. The minimum Gasteiger partial charge on any atom is -0.444 e. The van der Waals surface area contributed by atoms with Gasteiger partial charge in [-0.1, -0.05) is 13.3 Å². The van der Waals surface area contributed by atoms with Crippen LogP contribution in [0, 0.1) is 5.92 Å². The molecule has 1 N–H and O–H groups in total. The van der Waals surface area contributed by atoms with E-state index in [9.17, 15) is 4.79 Å². The van der Waals surface area contributed by atoms with Gasteiger partial charge < -0.3 is 19.7 Å². The van der Waals surface area contributed by atoms with Gasteiger partial charge in [0.05, 0.1) is 19.3 Å². The van der Waals surface area contributed by atoms with Crippen LogP contribution in [0.4, 0.5) is 4.79 Å². The van der Waals surface area contributed by atoms with Crippen molar-refractivity contribution in [2.75, 3.05) is 19.8 Å². The Balaban J connectivity index is 1.88. The van der Waals surface area contributed by atoms with Crippen molar-refractivity contribution in [1.29, 1.82) is 0 Å². The number of ether oxygens (including phenoxy) is 2. The van der Waals surface area contributed by atoms with E-state index in [1.54, 1.807) is 0 Å². The maximum atomic E-state index is 12.4. The van der Waals surface area contributed by atoms with Crippen LogP contribution in [0.2, 0.25) is 0 Å². The first-order chi connectivity index (χ1) is 10.8. The summed E-state index contributed by atoms with van der Waals surface area (Å²) in [5.41, 5.74) is -0.455. The lowest BCUT2D eigenvalue weighted by Crippen LogP contribution is -2.53. The third kappa shape index (κ3) is 5.64. The number of carbonyl (C=O) groups is 1. The van der Waals surface area contributed by atoms with E-state index in [4.69, 9.17) is 9.47 Å². The molecule has 0 aromatic carbocycles. The summed E-state index contributed by atoms with van der Waals surface area (Å²) in [6.07, 6.45) is 4.60. The maximum absolute atomic E-state index is 12.4. The molecule has 1 aliphatic heterocycles. The minimum atomic E-state index is -0.455. The number of rotatable bonds is 4. The van der Waals surface area contributed by atoms with Crippen molar-refractivity contribution in [3.05, 3.63) is 0 Å². The van der Waals surface area contributed by atoms with Crippen molar-refractivity contribution in [3.8, 4) is 0 Å². The summed E-state index contributed by atoms with van der Waals surface area (Å²) in [4.78, 5) is 14.3. The Bertz CT molecular complexity index is 394. The molecule has 5 nitrogen and oxygen atoms in total. The Morgan fingerprint density at radius 2 is 2.13 bits per heavy atom. The standard InChI is InChI=1S/C18H34N2O3/c1-13-7-6-8-16(13)19-14(2)11-15-12-22-10-9-20(15)17(21)23-18(3,4)5/h13-16,19H,6-12H2,1-5H3. The Morgan fingerprint density at radius 3 is 2.74 bits per heavy atom. The SMILES string of the molecule is CC(CC1COCCN1C(=O)OC(C)(C)C)NC1CCCC1C. The number of carbonyl (C=O) groups excluding carboxylic acids is 1. The molecule has 0 bridgehead atoms. The summed E-state index contributed by atoms with van der Waals surface area (Å²) >= 11 is 0. The molecule has 4 unspecified atom stereocenters. The first-order valence-corrected chi connectivity index (χ1v) is 9.09. The average Bonchev–Trinajstić information content (AvgIpc) is 2.82. The number of amides is 1. The van der Waals surface area contributed by atoms with Crippen LogP contribution in [0.15, 0.2) is 0 Å². The second-order valence-electron chi connectivity index (χ2n) is 8.22. The van der Waals surface area contributed by atoms with Crippen molar-refractivity contribution in [2.24, 2.45) is 5.92 Å². The Hall–Kier alpha value is -0.810. The second kappa shape index (κ2) is 7.84. The molecule has 2 fully saturated rings. The highest BCUT2D eigenvalue weighted by atomic mass is 16.6. The number of hydrogen-bond donors (Lipinski definition) is 1. The van der Waals surface area contributed by atoms with Crippen LogP contribution in [-0.2, 0) is 9.47 Å². The van der Waals surface area contributed by atoms with Crippen LogP contribution >= 0.6 is 0 Å². The van der Waals surface area contributed by atoms with E-state index in [2.05, 4.69) is 19.2 Å². The van der Waals surface area contributed by atoms with E-state index in [0.717, 1.165) is 12.3 Å². The molecule has 1 saturated heterocycles. The molecule has 0 spiro atoms. The number of nitrogens with one attached hydrogen (secondary N) is 1. The summed E-state index contributed by atoms with van der Waals surface area (Å²) in [6.45, 7) is 12.1. The smallest absolute Gasteiger partial charge is 0.410 e. The number of nitrogens with zero attached hydrogens (tertiary/aromatic N) is 1. The summed E-state index contributed by atoms with van der Waals surface area (Å²) < 4.78 is 11.2. The maximum Gasteiger partial charge on any atom is 0.410 e. The van der Waals surface area contributed by atoms with Crippen LogP contribution in [0.5, 0.6) is 0 Å². The largest absolute Gasteiger partial charge is 0.444 e. The molecule has 0 radical (unpaired) electrons. The van der Waals surface area contributed by atoms with Crippen molar-refractivity contribution in [2.45, 2.75) is 84.0 Å². The molecule has 4 atom stereocenters. The lowest BCUT2D eigenvalue weighted by atomic mass is 10.0. The van der Waals surface area contributed by atoms with Crippen molar-refractivity contribution >= 4 is 6.09 Å². The van der Waals surface area contributed by atoms with E-state index >= 15 is 0 Å².